The molecule has 1 aromatic rings. The van der Waals surface area contributed by atoms with Gasteiger partial charge in [0.15, 0.2) is 0 Å². The fourth-order valence-corrected chi connectivity index (χ4v) is 2.37. The summed E-state index contributed by atoms with van der Waals surface area (Å²) in [4.78, 5) is 16.5. The van der Waals surface area contributed by atoms with Crippen molar-refractivity contribution in [1.82, 2.24) is 4.90 Å². The number of amides is 1. The lowest BCUT2D eigenvalue weighted by Gasteiger charge is -2.28. The summed E-state index contributed by atoms with van der Waals surface area (Å²) in [5.74, 6) is 0.0588. The van der Waals surface area contributed by atoms with Gasteiger partial charge in [0.2, 0.25) is 0 Å². The molecule has 4 heteroatoms. The summed E-state index contributed by atoms with van der Waals surface area (Å²) < 4.78 is 0. The van der Waals surface area contributed by atoms with Crippen LogP contribution in [-0.2, 0) is 0 Å². The molecule has 0 fully saturated rings. The average molecular weight is 259 g/mol. The molecular weight excluding hydrogens is 238 g/mol. The zero-order valence-electron chi connectivity index (χ0n) is 11.8. The Kier molecular flexibility index (Phi) is 3.79. The summed E-state index contributed by atoms with van der Waals surface area (Å²) in [6, 6.07) is 5.49. The van der Waals surface area contributed by atoms with Crippen molar-refractivity contribution < 1.29 is 4.79 Å². The van der Waals surface area contributed by atoms with E-state index in [1.165, 1.54) is 5.57 Å². The van der Waals surface area contributed by atoms with E-state index in [1.807, 2.05) is 36.0 Å². The minimum atomic E-state index is 0.0588. The van der Waals surface area contributed by atoms with Crippen LogP contribution in [0.2, 0.25) is 0 Å². The van der Waals surface area contributed by atoms with Gasteiger partial charge in [0.05, 0.1) is 5.56 Å². The van der Waals surface area contributed by atoms with Gasteiger partial charge in [0, 0.05) is 38.6 Å². The van der Waals surface area contributed by atoms with Crippen LogP contribution >= 0.6 is 0 Å². The lowest BCUT2D eigenvalue weighted by atomic mass is 10.1. The zero-order chi connectivity index (χ0) is 14.0. The van der Waals surface area contributed by atoms with Gasteiger partial charge >= 0.3 is 0 Å². The van der Waals surface area contributed by atoms with Crippen molar-refractivity contribution in [2.24, 2.45) is 0 Å². The molecule has 0 unspecified atom stereocenters. The Morgan fingerprint density at radius 1 is 1.37 bits per heavy atom. The Morgan fingerprint density at radius 2 is 2.11 bits per heavy atom. The average Bonchev–Trinajstić information content (AvgIpc) is 2.37. The number of nitrogen functional groups attached to an aromatic ring is 1. The number of hydrogen-bond donors (Lipinski definition) is 1. The summed E-state index contributed by atoms with van der Waals surface area (Å²) >= 11 is 0. The van der Waals surface area contributed by atoms with E-state index in [2.05, 4.69) is 13.0 Å². The third-order valence-corrected chi connectivity index (χ3v) is 3.35. The standard InChI is InChI=1S/C15H21N3O/c1-11-5-4-8-18(10-11)15(19)13-9-12(16)6-7-14(13)17(2)3/h5-7,9H,4,8,10,16H2,1-3H3. The summed E-state index contributed by atoms with van der Waals surface area (Å²) in [6.07, 6.45) is 3.12. The molecule has 0 saturated heterocycles. The maximum Gasteiger partial charge on any atom is 0.256 e. The summed E-state index contributed by atoms with van der Waals surface area (Å²) in [7, 11) is 3.87. The summed E-state index contributed by atoms with van der Waals surface area (Å²) in [5.41, 5.74) is 9.28. The van der Waals surface area contributed by atoms with Crippen molar-refractivity contribution in [1.29, 1.82) is 0 Å². The number of benzene rings is 1. The molecule has 1 heterocycles. The van der Waals surface area contributed by atoms with E-state index in [0.29, 0.717) is 17.8 Å². The number of nitrogens with two attached hydrogens (primary N) is 1. The molecule has 1 aromatic carbocycles. The molecule has 0 aliphatic carbocycles. The number of anilines is 2. The minimum Gasteiger partial charge on any atom is -0.399 e. The predicted molar refractivity (Wildman–Crippen MR) is 79.5 cm³/mol. The monoisotopic (exact) mass is 259 g/mol. The molecule has 1 amide bonds. The van der Waals surface area contributed by atoms with E-state index < -0.39 is 0 Å². The molecule has 102 valence electrons. The fraction of sp³-hybridized carbons (Fsp3) is 0.400. The molecule has 0 spiro atoms. The Labute approximate surface area is 114 Å². The van der Waals surface area contributed by atoms with Gasteiger partial charge in [-0.05, 0) is 31.5 Å². The van der Waals surface area contributed by atoms with E-state index in [-0.39, 0.29) is 5.91 Å². The van der Waals surface area contributed by atoms with Crippen LogP contribution in [0, 0.1) is 0 Å². The van der Waals surface area contributed by atoms with Gasteiger partial charge in [-0.1, -0.05) is 11.6 Å². The lowest BCUT2D eigenvalue weighted by molar-refractivity contribution is 0.0766. The van der Waals surface area contributed by atoms with E-state index in [9.17, 15) is 4.79 Å². The van der Waals surface area contributed by atoms with Gasteiger partial charge in [-0.3, -0.25) is 4.79 Å². The maximum atomic E-state index is 12.6. The molecule has 0 saturated carbocycles. The highest BCUT2D eigenvalue weighted by atomic mass is 16.2. The van der Waals surface area contributed by atoms with Gasteiger partial charge in [-0.15, -0.1) is 0 Å². The van der Waals surface area contributed by atoms with E-state index >= 15 is 0 Å². The van der Waals surface area contributed by atoms with Crippen LogP contribution in [0.4, 0.5) is 11.4 Å². The van der Waals surface area contributed by atoms with Crippen LogP contribution < -0.4 is 10.6 Å². The molecular formula is C15H21N3O. The number of carbonyl (C=O) groups is 1. The van der Waals surface area contributed by atoms with Gasteiger partial charge in [0.1, 0.15) is 0 Å². The third-order valence-electron chi connectivity index (χ3n) is 3.35. The van der Waals surface area contributed by atoms with Gasteiger partial charge in [0.25, 0.3) is 5.91 Å². The van der Waals surface area contributed by atoms with Crippen molar-refractivity contribution in [2.75, 3.05) is 37.8 Å². The van der Waals surface area contributed by atoms with Crippen molar-refractivity contribution in [3.8, 4) is 0 Å². The second kappa shape index (κ2) is 5.34. The predicted octanol–water partition coefficient (Wildman–Crippen LogP) is 2.13. The first-order valence-corrected chi connectivity index (χ1v) is 6.51. The van der Waals surface area contributed by atoms with Crippen molar-refractivity contribution in [3.05, 3.63) is 35.4 Å². The fourth-order valence-electron chi connectivity index (χ4n) is 2.37. The topological polar surface area (TPSA) is 49.6 Å². The normalized spacial score (nSPS) is 15.1. The van der Waals surface area contributed by atoms with Crippen LogP contribution in [0.25, 0.3) is 0 Å². The molecule has 4 nitrogen and oxygen atoms in total. The highest BCUT2D eigenvalue weighted by Gasteiger charge is 2.21. The van der Waals surface area contributed by atoms with Crippen molar-refractivity contribution in [3.63, 3.8) is 0 Å². The SMILES string of the molecule is CC1=CCCN(C(=O)c2cc(N)ccc2N(C)C)C1. The van der Waals surface area contributed by atoms with Gasteiger partial charge in [-0.25, -0.2) is 0 Å². The zero-order valence-corrected chi connectivity index (χ0v) is 11.8. The molecule has 19 heavy (non-hydrogen) atoms. The lowest BCUT2D eigenvalue weighted by Crippen LogP contribution is -2.36. The van der Waals surface area contributed by atoms with E-state index in [1.54, 1.807) is 6.07 Å². The Hall–Kier alpha value is -1.97. The van der Waals surface area contributed by atoms with Crippen LogP contribution in [0.3, 0.4) is 0 Å². The largest absolute Gasteiger partial charge is 0.399 e. The molecule has 0 atom stereocenters. The van der Waals surface area contributed by atoms with Gasteiger partial charge in [-0.2, -0.15) is 0 Å². The molecule has 0 radical (unpaired) electrons. The highest BCUT2D eigenvalue weighted by Crippen LogP contribution is 2.24. The van der Waals surface area contributed by atoms with Crippen LogP contribution in [0.5, 0.6) is 0 Å². The summed E-state index contributed by atoms with van der Waals surface area (Å²) in [6.45, 7) is 3.55. The van der Waals surface area contributed by atoms with Gasteiger partial charge < -0.3 is 15.5 Å². The molecule has 0 aromatic heterocycles. The third kappa shape index (κ3) is 2.89. The first-order valence-electron chi connectivity index (χ1n) is 6.51. The number of nitrogens with zero attached hydrogens (tertiary/aromatic N) is 2. The quantitative estimate of drug-likeness (QED) is 0.654. The minimum absolute atomic E-state index is 0.0588. The first-order chi connectivity index (χ1) is 8.99. The first kappa shape index (κ1) is 13.5. The Morgan fingerprint density at radius 3 is 2.74 bits per heavy atom. The number of carbonyl (C=O) groups excluding carboxylic acids is 1. The maximum absolute atomic E-state index is 12.6. The number of rotatable bonds is 2. The molecule has 1 aliphatic heterocycles. The Bertz CT molecular complexity index is 520. The number of hydrogen-bond acceptors (Lipinski definition) is 3. The van der Waals surface area contributed by atoms with Crippen LogP contribution in [0.1, 0.15) is 23.7 Å². The molecule has 1 aliphatic rings. The molecule has 2 rings (SSSR count). The second-order valence-electron chi connectivity index (χ2n) is 5.24. The van der Waals surface area contributed by atoms with Crippen molar-refractivity contribution in [2.45, 2.75) is 13.3 Å². The Balaban J connectivity index is 2.33. The molecule has 0 bridgehead atoms. The van der Waals surface area contributed by atoms with Crippen LogP contribution in [-0.4, -0.2) is 38.0 Å². The highest BCUT2D eigenvalue weighted by molar-refractivity contribution is 6.00. The second-order valence-corrected chi connectivity index (χ2v) is 5.24. The smallest absolute Gasteiger partial charge is 0.256 e. The van der Waals surface area contributed by atoms with Crippen LogP contribution in [0.15, 0.2) is 29.8 Å². The van der Waals surface area contributed by atoms with Crippen molar-refractivity contribution >= 4 is 17.3 Å². The van der Waals surface area contributed by atoms with E-state index in [0.717, 1.165) is 18.7 Å². The summed E-state index contributed by atoms with van der Waals surface area (Å²) in [5, 5.41) is 0. The van der Waals surface area contributed by atoms with E-state index in [4.69, 9.17) is 5.73 Å². The molecule has 2 N–H and O–H groups in total.